The fourth-order valence-corrected chi connectivity index (χ4v) is 2.29. The Balaban J connectivity index is 1.92. The van der Waals surface area contributed by atoms with E-state index in [1.807, 2.05) is 19.1 Å². The van der Waals surface area contributed by atoms with Crippen LogP contribution in [-0.2, 0) is 6.54 Å². The molecule has 0 aliphatic rings. The van der Waals surface area contributed by atoms with Crippen LogP contribution in [0, 0.1) is 13.8 Å². The van der Waals surface area contributed by atoms with E-state index in [9.17, 15) is 4.79 Å². The summed E-state index contributed by atoms with van der Waals surface area (Å²) in [5, 5.41) is 4.24. The van der Waals surface area contributed by atoms with Crippen LogP contribution in [0.15, 0.2) is 41.6 Å². The van der Waals surface area contributed by atoms with Gasteiger partial charge in [-0.3, -0.25) is 4.98 Å². The maximum atomic E-state index is 12.2. The molecule has 1 unspecified atom stereocenters. The van der Waals surface area contributed by atoms with Gasteiger partial charge < -0.3 is 5.73 Å². The van der Waals surface area contributed by atoms with Crippen LogP contribution in [0.3, 0.4) is 0 Å². The number of aromatic nitrogens is 4. The number of hydrogen-bond acceptors (Lipinski definition) is 4. The summed E-state index contributed by atoms with van der Waals surface area (Å²) in [6.45, 7) is 4.45. The Hall–Kier alpha value is -2.47. The van der Waals surface area contributed by atoms with Gasteiger partial charge in [-0.15, -0.1) is 5.10 Å². The highest BCUT2D eigenvalue weighted by Gasteiger charge is 2.12. The minimum Gasteiger partial charge on any atom is -0.322 e. The smallest absolute Gasteiger partial charge is 0.322 e. The van der Waals surface area contributed by atoms with E-state index in [0.29, 0.717) is 12.2 Å². The molecule has 0 spiro atoms. The normalized spacial score (nSPS) is 12.7. The minimum atomic E-state index is -0.278. The Morgan fingerprint density at radius 3 is 2.81 bits per heavy atom. The van der Waals surface area contributed by atoms with Crippen LogP contribution in [0.4, 0.5) is 0 Å². The number of rotatable bonds is 3. The molecule has 0 aliphatic carbocycles. The van der Waals surface area contributed by atoms with E-state index in [1.165, 1.54) is 20.2 Å². The van der Waals surface area contributed by atoms with Crippen molar-refractivity contribution in [1.29, 1.82) is 0 Å². The van der Waals surface area contributed by atoms with Crippen LogP contribution >= 0.6 is 0 Å². The second kappa shape index (κ2) is 5.14. The Morgan fingerprint density at radius 2 is 2.10 bits per heavy atom. The third-order valence-electron chi connectivity index (χ3n) is 3.72. The van der Waals surface area contributed by atoms with E-state index >= 15 is 0 Å². The molecule has 1 atom stereocenters. The molecule has 2 aromatic heterocycles. The van der Waals surface area contributed by atoms with Crippen LogP contribution in [-0.4, -0.2) is 19.2 Å². The van der Waals surface area contributed by atoms with Gasteiger partial charge in [0, 0.05) is 18.4 Å². The van der Waals surface area contributed by atoms with E-state index in [1.54, 1.807) is 18.6 Å². The molecule has 3 rings (SSSR count). The molecule has 0 saturated carbocycles. The highest BCUT2D eigenvalue weighted by molar-refractivity contribution is 5.33. The highest BCUT2D eigenvalue weighted by atomic mass is 16.2. The van der Waals surface area contributed by atoms with E-state index in [0.717, 1.165) is 5.56 Å². The van der Waals surface area contributed by atoms with E-state index in [2.05, 4.69) is 23.1 Å². The van der Waals surface area contributed by atoms with Gasteiger partial charge in [-0.25, -0.2) is 13.9 Å². The molecular formula is C15H17N5O. The zero-order valence-corrected chi connectivity index (χ0v) is 12.0. The SMILES string of the molecule is Cc1ccc(C(N)Cn2nc3cnccn3c2=O)cc1C. The molecule has 3 aromatic rings. The molecule has 0 fully saturated rings. The summed E-state index contributed by atoms with van der Waals surface area (Å²) in [6.07, 6.45) is 4.71. The lowest BCUT2D eigenvalue weighted by Crippen LogP contribution is -2.27. The van der Waals surface area contributed by atoms with Crippen molar-refractivity contribution < 1.29 is 0 Å². The lowest BCUT2D eigenvalue weighted by atomic mass is 10.0. The first-order valence-corrected chi connectivity index (χ1v) is 6.78. The zero-order valence-electron chi connectivity index (χ0n) is 12.0. The number of nitrogens with zero attached hydrogens (tertiary/aromatic N) is 4. The van der Waals surface area contributed by atoms with E-state index in [4.69, 9.17) is 5.73 Å². The fraction of sp³-hybridized carbons (Fsp3) is 0.267. The summed E-state index contributed by atoms with van der Waals surface area (Å²) in [7, 11) is 0. The molecule has 2 N–H and O–H groups in total. The Bertz CT molecular complexity index is 849. The third-order valence-corrected chi connectivity index (χ3v) is 3.72. The average Bonchev–Trinajstić information content (AvgIpc) is 2.79. The third kappa shape index (κ3) is 2.45. The molecule has 6 nitrogen and oxygen atoms in total. The summed E-state index contributed by atoms with van der Waals surface area (Å²) < 4.78 is 2.84. The van der Waals surface area contributed by atoms with Crippen molar-refractivity contribution in [1.82, 2.24) is 19.2 Å². The van der Waals surface area contributed by atoms with Gasteiger partial charge in [-0.1, -0.05) is 18.2 Å². The Kier molecular flexibility index (Phi) is 3.31. The molecule has 0 bridgehead atoms. The standard InChI is InChI=1S/C15H17N5O/c1-10-3-4-12(7-11(10)2)13(16)9-20-15(21)19-6-5-17-8-14(19)18-20/h3-8,13H,9,16H2,1-2H3. The van der Waals surface area contributed by atoms with Gasteiger partial charge >= 0.3 is 5.69 Å². The van der Waals surface area contributed by atoms with E-state index in [-0.39, 0.29) is 11.7 Å². The Labute approximate surface area is 121 Å². The summed E-state index contributed by atoms with van der Waals surface area (Å²) in [5.41, 5.74) is 9.95. The topological polar surface area (TPSA) is 78.2 Å². The number of benzene rings is 1. The summed E-state index contributed by atoms with van der Waals surface area (Å²) in [4.78, 5) is 16.2. The van der Waals surface area contributed by atoms with Crippen molar-refractivity contribution in [3.63, 3.8) is 0 Å². The molecular weight excluding hydrogens is 266 g/mol. The van der Waals surface area contributed by atoms with Gasteiger partial charge in [0.1, 0.15) is 0 Å². The van der Waals surface area contributed by atoms with Crippen molar-refractivity contribution in [3.05, 3.63) is 64.0 Å². The average molecular weight is 283 g/mol. The summed E-state index contributed by atoms with van der Waals surface area (Å²) in [6, 6.07) is 5.82. The fourth-order valence-electron chi connectivity index (χ4n) is 2.29. The summed E-state index contributed by atoms with van der Waals surface area (Å²) >= 11 is 0. The first-order valence-electron chi connectivity index (χ1n) is 6.78. The van der Waals surface area contributed by atoms with Gasteiger partial charge in [0.15, 0.2) is 5.65 Å². The second-order valence-electron chi connectivity index (χ2n) is 5.22. The van der Waals surface area contributed by atoms with Crippen LogP contribution in [0.1, 0.15) is 22.7 Å². The number of nitrogens with two attached hydrogens (primary N) is 1. The first kappa shape index (κ1) is 13.5. The molecule has 0 aliphatic heterocycles. The second-order valence-corrected chi connectivity index (χ2v) is 5.22. The molecule has 0 saturated heterocycles. The molecule has 108 valence electrons. The largest absolute Gasteiger partial charge is 0.350 e. The van der Waals surface area contributed by atoms with Crippen molar-refractivity contribution in [2.75, 3.05) is 0 Å². The van der Waals surface area contributed by atoms with Crippen LogP contribution < -0.4 is 11.4 Å². The monoisotopic (exact) mass is 283 g/mol. The lowest BCUT2D eigenvalue weighted by Gasteiger charge is -2.13. The minimum absolute atomic E-state index is 0.202. The number of fused-ring (bicyclic) bond motifs is 1. The first-order chi connectivity index (χ1) is 10.1. The van der Waals surface area contributed by atoms with Crippen LogP contribution in [0.2, 0.25) is 0 Å². The molecule has 1 aromatic carbocycles. The van der Waals surface area contributed by atoms with Gasteiger partial charge in [-0.2, -0.15) is 0 Å². The van der Waals surface area contributed by atoms with Gasteiger partial charge in [0.05, 0.1) is 12.7 Å². The van der Waals surface area contributed by atoms with Gasteiger partial charge in [-0.05, 0) is 30.5 Å². The predicted molar refractivity (Wildman–Crippen MR) is 80.1 cm³/mol. The molecule has 21 heavy (non-hydrogen) atoms. The zero-order chi connectivity index (χ0) is 15.0. The number of hydrogen-bond donors (Lipinski definition) is 1. The molecule has 6 heteroatoms. The summed E-state index contributed by atoms with van der Waals surface area (Å²) in [5.74, 6) is 0. The molecule has 0 amide bonds. The van der Waals surface area contributed by atoms with Crippen LogP contribution in [0.25, 0.3) is 5.65 Å². The predicted octanol–water partition coefficient (Wildman–Crippen LogP) is 1.21. The quantitative estimate of drug-likeness (QED) is 0.783. The molecule has 2 heterocycles. The molecule has 0 radical (unpaired) electrons. The highest BCUT2D eigenvalue weighted by Crippen LogP contribution is 2.16. The van der Waals surface area contributed by atoms with Crippen molar-refractivity contribution in [2.45, 2.75) is 26.4 Å². The van der Waals surface area contributed by atoms with Gasteiger partial charge in [0.25, 0.3) is 0 Å². The maximum Gasteiger partial charge on any atom is 0.350 e. The Morgan fingerprint density at radius 1 is 1.29 bits per heavy atom. The van der Waals surface area contributed by atoms with Crippen LogP contribution in [0.5, 0.6) is 0 Å². The van der Waals surface area contributed by atoms with Crippen molar-refractivity contribution in [2.24, 2.45) is 5.73 Å². The number of aryl methyl sites for hydroxylation is 2. The van der Waals surface area contributed by atoms with Gasteiger partial charge in [0.2, 0.25) is 0 Å². The van der Waals surface area contributed by atoms with Crippen molar-refractivity contribution in [3.8, 4) is 0 Å². The van der Waals surface area contributed by atoms with Crippen molar-refractivity contribution >= 4 is 5.65 Å². The maximum absolute atomic E-state index is 12.2. The van der Waals surface area contributed by atoms with E-state index < -0.39 is 0 Å². The lowest BCUT2D eigenvalue weighted by molar-refractivity contribution is 0.513.